The molecule has 4 nitrogen and oxygen atoms in total. The van der Waals surface area contributed by atoms with E-state index in [2.05, 4.69) is 24.5 Å². The van der Waals surface area contributed by atoms with Crippen LogP contribution in [0.1, 0.15) is 19.4 Å². The van der Waals surface area contributed by atoms with Crippen LogP contribution in [0.2, 0.25) is 5.02 Å². The maximum atomic E-state index is 12.6. The summed E-state index contributed by atoms with van der Waals surface area (Å²) in [5.74, 6) is 1.09. The van der Waals surface area contributed by atoms with Gasteiger partial charge in [-0.3, -0.25) is 0 Å². The van der Waals surface area contributed by atoms with E-state index in [0.29, 0.717) is 16.9 Å². The average molecular weight is 308 g/mol. The molecule has 114 valence electrons. The van der Waals surface area contributed by atoms with Gasteiger partial charge in [0.25, 0.3) is 0 Å². The number of likely N-dealkylation sites (tertiary alicyclic amines) is 1. The summed E-state index contributed by atoms with van der Waals surface area (Å²) in [5, 5.41) is 7.08. The van der Waals surface area contributed by atoms with Gasteiger partial charge in [-0.15, -0.1) is 0 Å². The number of fused-ring (bicyclic) bond motifs is 1. The maximum absolute atomic E-state index is 12.6. The Morgan fingerprint density at radius 3 is 2.86 bits per heavy atom. The van der Waals surface area contributed by atoms with Crippen molar-refractivity contribution in [1.29, 1.82) is 0 Å². The molecular weight excluding hydrogens is 286 g/mol. The third-order valence-electron chi connectivity index (χ3n) is 5.03. The predicted molar refractivity (Wildman–Crippen MR) is 85.8 cm³/mol. The van der Waals surface area contributed by atoms with E-state index in [4.69, 9.17) is 11.6 Å². The molecule has 0 bridgehead atoms. The standard InChI is InChI=1S/C16H22ClN3O/c1-10-4-5-12(6-14(10)17)19-15(21)20-9-11-7-18-8-13(11)16(20,2)3/h4-6,11,13,18H,7-9H2,1-3H3,(H,19,21). The molecule has 0 aromatic heterocycles. The molecule has 2 atom stereocenters. The predicted octanol–water partition coefficient (Wildman–Crippen LogP) is 3.11. The minimum Gasteiger partial charge on any atom is -0.319 e. The van der Waals surface area contributed by atoms with Crippen molar-refractivity contribution in [3.63, 3.8) is 0 Å². The Morgan fingerprint density at radius 2 is 2.19 bits per heavy atom. The van der Waals surface area contributed by atoms with Gasteiger partial charge in [-0.05, 0) is 50.3 Å². The molecule has 2 aliphatic heterocycles. The largest absolute Gasteiger partial charge is 0.322 e. The molecule has 2 heterocycles. The lowest BCUT2D eigenvalue weighted by atomic mass is 9.85. The molecule has 21 heavy (non-hydrogen) atoms. The monoisotopic (exact) mass is 307 g/mol. The third-order valence-corrected chi connectivity index (χ3v) is 5.44. The Hall–Kier alpha value is -1.26. The number of amides is 2. The second-order valence-electron chi connectivity index (χ2n) is 6.68. The van der Waals surface area contributed by atoms with Crippen molar-refractivity contribution in [3.05, 3.63) is 28.8 Å². The number of nitrogens with one attached hydrogen (secondary N) is 2. The zero-order chi connectivity index (χ0) is 15.2. The van der Waals surface area contributed by atoms with Crippen molar-refractivity contribution in [2.45, 2.75) is 26.3 Å². The highest BCUT2D eigenvalue weighted by Gasteiger charge is 2.51. The highest BCUT2D eigenvalue weighted by Crippen LogP contribution is 2.40. The van der Waals surface area contributed by atoms with Crippen molar-refractivity contribution in [1.82, 2.24) is 10.2 Å². The van der Waals surface area contributed by atoms with Gasteiger partial charge in [0.15, 0.2) is 0 Å². The molecule has 2 fully saturated rings. The number of hydrogen-bond donors (Lipinski definition) is 2. The number of carbonyl (C=O) groups is 1. The topological polar surface area (TPSA) is 44.4 Å². The second kappa shape index (κ2) is 5.18. The molecule has 0 radical (unpaired) electrons. The zero-order valence-electron chi connectivity index (χ0n) is 12.7. The Balaban J connectivity index is 1.75. The van der Waals surface area contributed by atoms with Crippen LogP contribution >= 0.6 is 11.6 Å². The smallest absolute Gasteiger partial charge is 0.319 e. The van der Waals surface area contributed by atoms with Gasteiger partial charge < -0.3 is 15.5 Å². The summed E-state index contributed by atoms with van der Waals surface area (Å²) in [6.45, 7) is 9.09. The highest BCUT2D eigenvalue weighted by molar-refractivity contribution is 6.31. The van der Waals surface area contributed by atoms with Crippen molar-refractivity contribution >= 4 is 23.3 Å². The first kappa shape index (κ1) is 14.7. The molecule has 1 aromatic rings. The van der Waals surface area contributed by atoms with Gasteiger partial charge in [-0.1, -0.05) is 17.7 Å². The Kier molecular flexibility index (Phi) is 3.62. The van der Waals surface area contributed by atoms with Crippen LogP contribution in [-0.4, -0.2) is 36.1 Å². The number of aryl methyl sites for hydroxylation is 1. The Bertz CT molecular complexity index is 573. The Morgan fingerprint density at radius 1 is 1.43 bits per heavy atom. The van der Waals surface area contributed by atoms with Gasteiger partial charge in [0.2, 0.25) is 0 Å². The van der Waals surface area contributed by atoms with Crippen LogP contribution in [0.15, 0.2) is 18.2 Å². The lowest BCUT2D eigenvalue weighted by Gasteiger charge is -2.35. The zero-order valence-corrected chi connectivity index (χ0v) is 13.5. The van der Waals surface area contributed by atoms with Gasteiger partial charge in [0.1, 0.15) is 0 Å². The normalized spacial score (nSPS) is 26.8. The van der Waals surface area contributed by atoms with E-state index in [0.717, 1.165) is 30.9 Å². The summed E-state index contributed by atoms with van der Waals surface area (Å²) in [4.78, 5) is 14.6. The molecule has 2 aliphatic rings. The number of carbonyl (C=O) groups excluding carboxylic acids is 1. The van der Waals surface area contributed by atoms with Crippen LogP contribution in [0, 0.1) is 18.8 Å². The SMILES string of the molecule is Cc1ccc(NC(=O)N2CC3CNCC3C2(C)C)cc1Cl. The fourth-order valence-electron chi connectivity index (χ4n) is 3.63. The number of benzene rings is 1. The van der Waals surface area contributed by atoms with E-state index in [1.807, 2.05) is 24.0 Å². The first-order valence-corrected chi connectivity index (χ1v) is 7.83. The van der Waals surface area contributed by atoms with E-state index >= 15 is 0 Å². The lowest BCUT2D eigenvalue weighted by Crippen LogP contribution is -2.49. The van der Waals surface area contributed by atoms with Gasteiger partial charge in [-0.25, -0.2) is 4.79 Å². The number of anilines is 1. The summed E-state index contributed by atoms with van der Waals surface area (Å²) >= 11 is 6.12. The maximum Gasteiger partial charge on any atom is 0.322 e. The number of halogens is 1. The van der Waals surface area contributed by atoms with Crippen molar-refractivity contribution < 1.29 is 4.79 Å². The fraction of sp³-hybridized carbons (Fsp3) is 0.562. The molecule has 2 unspecified atom stereocenters. The summed E-state index contributed by atoms with van der Waals surface area (Å²) in [6, 6.07) is 5.59. The molecule has 2 N–H and O–H groups in total. The number of rotatable bonds is 1. The molecule has 2 saturated heterocycles. The molecule has 0 aliphatic carbocycles. The van der Waals surface area contributed by atoms with Gasteiger partial charge in [-0.2, -0.15) is 0 Å². The van der Waals surface area contributed by atoms with Crippen LogP contribution in [0.3, 0.4) is 0 Å². The second-order valence-corrected chi connectivity index (χ2v) is 7.09. The van der Waals surface area contributed by atoms with Crippen molar-refractivity contribution in [2.75, 3.05) is 25.0 Å². The quantitative estimate of drug-likeness (QED) is 0.837. The number of nitrogens with zero attached hydrogens (tertiary/aromatic N) is 1. The van der Waals surface area contributed by atoms with E-state index < -0.39 is 0 Å². The molecule has 1 aromatic carbocycles. The fourth-order valence-corrected chi connectivity index (χ4v) is 3.81. The van der Waals surface area contributed by atoms with E-state index in [1.54, 1.807) is 6.07 Å². The summed E-state index contributed by atoms with van der Waals surface area (Å²) in [6.07, 6.45) is 0. The molecule has 2 amide bonds. The van der Waals surface area contributed by atoms with Crippen molar-refractivity contribution in [2.24, 2.45) is 11.8 Å². The minimum atomic E-state index is -0.118. The molecule has 5 heteroatoms. The van der Waals surface area contributed by atoms with E-state index in [1.165, 1.54) is 0 Å². The van der Waals surface area contributed by atoms with Crippen molar-refractivity contribution in [3.8, 4) is 0 Å². The van der Waals surface area contributed by atoms with Crippen LogP contribution < -0.4 is 10.6 Å². The highest BCUT2D eigenvalue weighted by atomic mass is 35.5. The summed E-state index contributed by atoms with van der Waals surface area (Å²) < 4.78 is 0. The molecule has 0 saturated carbocycles. The first-order valence-electron chi connectivity index (χ1n) is 7.45. The van der Waals surface area contributed by atoms with E-state index in [9.17, 15) is 4.79 Å². The van der Waals surface area contributed by atoms with Crippen LogP contribution in [0.5, 0.6) is 0 Å². The summed E-state index contributed by atoms with van der Waals surface area (Å²) in [5.41, 5.74) is 1.64. The first-order chi connectivity index (χ1) is 9.89. The summed E-state index contributed by atoms with van der Waals surface area (Å²) in [7, 11) is 0. The number of hydrogen-bond acceptors (Lipinski definition) is 2. The number of urea groups is 1. The van der Waals surface area contributed by atoms with Gasteiger partial charge >= 0.3 is 6.03 Å². The molecular formula is C16H22ClN3O. The van der Waals surface area contributed by atoms with Gasteiger partial charge in [0.05, 0.1) is 0 Å². The average Bonchev–Trinajstić information content (AvgIpc) is 2.96. The van der Waals surface area contributed by atoms with E-state index in [-0.39, 0.29) is 11.6 Å². The third kappa shape index (κ3) is 2.51. The molecule has 3 rings (SSSR count). The minimum absolute atomic E-state index is 0.0330. The van der Waals surface area contributed by atoms with Crippen LogP contribution in [-0.2, 0) is 0 Å². The lowest BCUT2D eigenvalue weighted by molar-refractivity contribution is 0.157. The molecule has 0 spiro atoms. The van der Waals surface area contributed by atoms with Gasteiger partial charge in [0, 0.05) is 35.9 Å². The Labute approximate surface area is 130 Å². The van der Waals surface area contributed by atoms with Crippen LogP contribution in [0.4, 0.5) is 10.5 Å². The van der Waals surface area contributed by atoms with Crippen LogP contribution in [0.25, 0.3) is 0 Å².